The fraction of sp³-hybridized carbons (Fsp3) is 0.286. The van der Waals surface area contributed by atoms with E-state index in [4.69, 9.17) is 0 Å². The second-order valence-electron chi connectivity index (χ2n) is 6.40. The molecule has 2 aromatic carbocycles. The lowest BCUT2D eigenvalue weighted by Gasteiger charge is -2.14. The zero-order valence-corrected chi connectivity index (χ0v) is 15.9. The summed E-state index contributed by atoms with van der Waals surface area (Å²) in [6.45, 7) is 0.255. The Morgan fingerprint density at radius 2 is 1.93 bits per heavy atom. The van der Waals surface area contributed by atoms with Crippen molar-refractivity contribution < 1.29 is 13.5 Å². The summed E-state index contributed by atoms with van der Waals surface area (Å²) in [6.07, 6.45) is 2.86. The van der Waals surface area contributed by atoms with Crippen LogP contribution in [-0.4, -0.2) is 31.1 Å². The molecule has 28 heavy (non-hydrogen) atoms. The molecule has 0 aliphatic heterocycles. The maximum absolute atomic E-state index is 12.5. The number of hydrogen-bond acceptors (Lipinski definition) is 2. The molecule has 0 spiro atoms. The van der Waals surface area contributed by atoms with Crippen molar-refractivity contribution in [2.75, 3.05) is 13.6 Å². The van der Waals surface area contributed by atoms with Gasteiger partial charge in [-0.1, -0.05) is 36.4 Å². The highest BCUT2D eigenvalue weighted by Gasteiger charge is 2.10. The van der Waals surface area contributed by atoms with E-state index in [1.165, 1.54) is 22.6 Å². The predicted octanol–water partition coefficient (Wildman–Crippen LogP) is 3.99. The molecule has 7 heteroatoms. The first-order valence-electron chi connectivity index (χ1n) is 9.11. The smallest absolute Gasteiger partial charge is 0.387 e. The maximum atomic E-state index is 12.5. The van der Waals surface area contributed by atoms with Crippen LogP contribution in [0.25, 0.3) is 10.9 Å². The fourth-order valence-corrected chi connectivity index (χ4v) is 3.15. The molecule has 0 atom stereocenters. The third kappa shape index (κ3) is 4.79. The lowest BCUT2D eigenvalue weighted by atomic mass is 10.1. The Morgan fingerprint density at radius 3 is 2.71 bits per heavy atom. The average molecular weight is 386 g/mol. The normalized spacial score (nSPS) is 11.8. The Balaban J connectivity index is 1.55. The second-order valence-corrected chi connectivity index (χ2v) is 6.40. The minimum absolute atomic E-state index is 0.162. The molecule has 3 aromatic rings. The standard InChI is InChI=1S/C21H24F2N4O/c1-14-6-5-8-17-15(12-26-19(14)17)10-11-25-21(24-2)27-13-16-7-3-4-9-18(16)28-20(22)23/h3-9,12,20,26H,10-11,13H2,1-2H3,(H2,24,25,27). The van der Waals surface area contributed by atoms with Crippen LogP contribution in [0.4, 0.5) is 8.78 Å². The number of nitrogens with zero attached hydrogens (tertiary/aromatic N) is 1. The number of nitrogens with one attached hydrogen (secondary N) is 3. The van der Waals surface area contributed by atoms with Crippen LogP contribution in [0.1, 0.15) is 16.7 Å². The van der Waals surface area contributed by atoms with E-state index in [9.17, 15) is 8.78 Å². The van der Waals surface area contributed by atoms with E-state index in [0.717, 1.165) is 11.9 Å². The van der Waals surface area contributed by atoms with Crippen molar-refractivity contribution >= 4 is 16.9 Å². The lowest BCUT2D eigenvalue weighted by molar-refractivity contribution is -0.0504. The number of ether oxygens (including phenoxy) is 1. The van der Waals surface area contributed by atoms with Crippen molar-refractivity contribution in [1.29, 1.82) is 0 Å². The molecule has 0 bridgehead atoms. The highest BCUT2D eigenvalue weighted by molar-refractivity contribution is 5.86. The summed E-state index contributed by atoms with van der Waals surface area (Å²) in [5, 5.41) is 7.61. The predicted molar refractivity (Wildman–Crippen MR) is 108 cm³/mol. The summed E-state index contributed by atoms with van der Waals surface area (Å²) in [5.74, 6) is 0.762. The average Bonchev–Trinajstić information content (AvgIpc) is 3.09. The number of fused-ring (bicyclic) bond motifs is 1. The van der Waals surface area contributed by atoms with Crippen molar-refractivity contribution in [2.45, 2.75) is 26.5 Å². The SMILES string of the molecule is CN=C(NCCc1c[nH]c2c(C)cccc12)NCc1ccccc1OC(F)F. The topological polar surface area (TPSA) is 61.4 Å². The number of benzene rings is 2. The molecule has 5 nitrogen and oxygen atoms in total. The van der Waals surface area contributed by atoms with E-state index >= 15 is 0 Å². The van der Waals surface area contributed by atoms with Crippen molar-refractivity contribution in [3.63, 3.8) is 0 Å². The molecule has 0 saturated heterocycles. The molecule has 0 fully saturated rings. The van der Waals surface area contributed by atoms with Gasteiger partial charge in [-0.15, -0.1) is 0 Å². The van der Waals surface area contributed by atoms with Gasteiger partial charge in [0, 0.05) is 42.8 Å². The van der Waals surface area contributed by atoms with E-state index in [0.29, 0.717) is 24.6 Å². The number of guanidine groups is 1. The van der Waals surface area contributed by atoms with Crippen LogP contribution >= 0.6 is 0 Å². The summed E-state index contributed by atoms with van der Waals surface area (Å²) in [6, 6.07) is 13.0. The molecule has 0 radical (unpaired) electrons. The third-order valence-electron chi connectivity index (χ3n) is 4.55. The number of para-hydroxylation sites is 2. The van der Waals surface area contributed by atoms with Crippen LogP contribution in [0.3, 0.4) is 0 Å². The van der Waals surface area contributed by atoms with Gasteiger partial charge in [0.25, 0.3) is 0 Å². The highest BCUT2D eigenvalue weighted by Crippen LogP contribution is 2.21. The largest absolute Gasteiger partial charge is 0.434 e. The van der Waals surface area contributed by atoms with E-state index < -0.39 is 6.61 Å². The molecule has 0 aliphatic rings. The summed E-state index contributed by atoms with van der Waals surface area (Å²) in [7, 11) is 1.67. The van der Waals surface area contributed by atoms with Crippen LogP contribution in [0, 0.1) is 6.92 Å². The van der Waals surface area contributed by atoms with E-state index in [1.807, 2.05) is 6.20 Å². The highest BCUT2D eigenvalue weighted by atomic mass is 19.3. The van der Waals surface area contributed by atoms with Gasteiger partial charge in [0.15, 0.2) is 5.96 Å². The van der Waals surface area contributed by atoms with Gasteiger partial charge in [0.1, 0.15) is 5.75 Å². The van der Waals surface area contributed by atoms with Crippen LogP contribution in [0.2, 0.25) is 0 Å². The number of halogens is 2. The maximum Gasteiger partial charge on any atom is 0.387 e. The number of aryl methyl sites for hydroxylation is 1. The van der Waals surface area contributed by atoms with Crippen LogP contribution in [0.5, 0.6) is 5.75 Å². The van der Waals surface area contributed by atoms with Crippen molar-refractivity contribution in [3.8, 4) is 5.75 Å². The molecule has 148 valence electrons. The van der Waals surface area contributed by atoms with E-state index in [2.05, 4.69) is 50.5 Å². The zero-order valence-electron chi connectivity index (χ0n) is 15.9. The Morgan fingerprint density at radius 1 is 1.11 bits per heavy atom. The number of aromatic amines is 1. The molecule has 3 N–H and O–H groups in total. The minimum Gasteiger partial charge on any atom is -0.434 e. The molecule has 0 unspecified atom stereocenters. The van der Waals surface area contributed by atoms with E-state index in [-0.39, 0.29) is 5.75 Å². The van der Waals surface area contributed by atoms with Gasteiger partial charge in [0.05, 0.1) is 0 Å². The third-order valence-corrected chi connectivity index (χ3v) is 4.55. The molecule has 0 aliphatic carbocycles. The number of rotatable bonds is 7. The monoisotopic (exact) mass is 386 g/mol. The van der Waals surface area contributed by atoms with Gasteiger partial charge in [-0.25, -0.2) is 0 Å². The Labute approximate surface area is 162 Å². The van der Waals surface area contributed by atoms with Gasteiger partial charge in [-0.3, -0.25) is 4.99 Å². The summed E-state index contributed by atoms with van der Waals surface area (Å²) < 4.78 is 29.6. The Bertz CT molecular complexity index is 952. The van der Waals surface area contributed by atoms with Gasteiger partial charge in [-0.05, 0) is 30.5 Å². The lowest BCUT2D eigenvalue weighted by Crippen LogP contribution is -2.37. The van der Waals surface area contributed by atoms with Gasteiger partial charge in [-0.2, -0.15) is 8.78 Å². The number of H-pyrrole nitrogens is 1. The second kappa shape index (κ2) is 9.21. The van der Waals surface area contributed by atoms with Crippen molar-refractivity contribution in [3.05, 3.63) is 65.4 Å². The number of aliphatic imine (C=N–C) groups is 1. The Hall–Kier alpha value is -3.09. The van der Waals surface area contributed by atoms with Crippen LogP contribution < -0.4 is 15.4 Å². The van der Waals surface area contributed by atoms with Gasteiger partial charge < -0.3 is 20.4 Å². The quantitative estimate of drug-likeness (QED) is 0.425. The Kier molecular flexibility index (Phi) is 6.47. The molecule has 3 rings (SSSR count). The molecule has 1 aromatic heterocycles. The zero-order chi connectivity index (χ0) is 19.9. The van der Waals surface area contributed by atoms with Gasteiger partial charge in [0.2, 0.25) is 0 Å². The first-order chi connectivity index (χ1) is 13.6. The summed E-state index contributed by atoms with van der Waals surface area (Å²) in [4.78, 5) is 7.51. The fourth-order valence-electron chi connectivity index (χ4n) is 3.15. The van der Waals surface area contributed by atoms with Crippen molar-refractivity contribution in [2.24, 2.45) is 4.99 Å². The number of alkyl halides is 2. The number of hydrogen-bond donors (Lipinski definition) is 3. The van der Waals surface area contributed by atoms with E-state index in [1.54, 1.807) is 25.2 Å². The summed E-state index contributed by atoms with van der Waals surface area (Å²) >= 11 is 0. The van der Waals surface area contributed by atoms with Crippen molar-refractivity contribution in [1.82, 2.24) is 15.6 Å². The molecule has 1 heterocycles. The summed E-state index contributed by atoms with van der Waals surface area (Å²) in [5.41, 5.74) is 4.25. The molecular formula is C21H24F2N4O. The van der Waals surface area contributed by atoms with Crippen LogP contribution in [-0.2, 0) is 13.0 Å². The molecular weight excluding hydrogens is 362 g/mol. The number of aromatic nitrogens is 1. The molecule has 0 saturated carbocycles. The molecule has 0 amide bonds. The first kappa shape index (κ1) is 19.7. The van der Waals surface area contributed by atoms with Gasteiger partial charge >= 0.3 is 6.61 Å². The first-order valence-corrected chi connectivity index (χ1v) is 9.11. The minimum atomic E-state index is -2.85. The van der Waals surface area contributed by atoms with Crippen LogP contribution in [0.15, 0.2) is 53.7 Å².